The van der Waals surface area contributed by atoms with E-state index in [0.29, 0.717) is 10.7 Å². The van der Waals surface area contributed by atoms with Crippen LogP contribution in [0.2, 0.25) is 5.02 Å². The Hall–Kier alpha value is -1.58. The fraction of sp³-hybridized carbons (Fsp3) is 0.200. The van der Waals surface area contributed by atoms with Crippen molar-refractivity contribution in [2.45, 2.75) is 12.5 Å². The molecule has 0 aliphatic heterocycles. The normalized spacial score (nSPS) is 13.9. The van der Waals surface area contributed by atoms with Gasteiger partial charge in [0.2, 0.25) is 0 Å². The Bertz CT molecular complexity index is 557. The summed E-state index contributed by atoms with van der Waals surface area (Å²) in [7, 11) is 0. The first-order chi connectivity index (χ1) is 8.99. The number of anilines is 1. The van der Waals surface area contributed by atoms with Crippen molar-refractivity contribution in [1.29, 1.82) is 0 Å². The Labute approximate surface area is 116 Å². The number of nitrogens with one attached hydrogen (secondary N) is 1. The average Bonchev–Trinajstić information content (AvgIpc) is 2.39. The molecule has 0 heterocycles. The van der Waals surface area contributed by atoms with Gasteiger partial charge in [0, 0.05) is 6.54 Å². The Morgan fingerprint density at radius 1 is 1.21 bits per heavy atom. The number of halogens is 2. The van der Waals surface area contributed by atoms with E-state index in [1.165, 1.54) is 12.1 Å². The van der Waals surface area contributed by atoms with Gasteiger partial charge in [-0.25, -0.2) is 4.39 Å². The van der Waals surface area contributed by atoms with Gasteiger partial charge in [-0.3, -0.25) is 0 Å². The second kappa shape index (κ2) is 5.59. The Morgan fingerprint density at radius 3 is 2.53 bits per heavy atom. The lowest BCUT2D eigenvalue weighted by atomic mass is 9.96. The van der Waals surface area contributed by atoms with Crippen LogP contribution in [-0.2, 0) is 5.60 Å². The van der Waals surface area contributed by atoms with E-state index in [-0.39, 0.29) is 12.4 Å². The van der Waals surface area contributed by atoms with Crippen LogP contribution in [0.25, 0.3) is 0 Å². The highest BCUT2D eigenvalue weighted by Crippen LogP contribution is 2.25. The maximum absolute atomic E-state index is 12.9. The highest BCUT2D eigenvalue weighted by Gasteiger charge is 2.22. The molecule has 0 bridgehead atoms. The quantitative estimate of drug-likeness (QED) is 0.892. The highest BCUT2D eigenvalue weighted by molar-refractivity contribution is 6.33. The highest BCUT2D eigenvalue weighted by atomic mass is 35.5. The van der Waals surface area contributed by atoms with Crippen LogP contribution in [-0.4, -0.2) is 11.7 Å². The third kappa shape index (κ3) is 3.46. The molecule has 4 heteroatoms. The zero-order valence-corrected chi connectivity index (χ0v) is 11.3. The van der Waals surface area contributed by atoms with Crippen molar-refractivity contribution in [3.63, 3.8) is 0 Å². The van der Waals surface area contributed by atoms with Crippen LogP contribution in [0.1, 0.15) is 12.5 Å². The largest absolute Gasteiger partial charge is 0.384 e. The number of rotatable bonds is 4. The minimum Gasteiger partial charge on any atom is -0.384 e. The molecule has 100 valence electrons. The zero-order chi connectivity index (χ0) is 13.9. The summed E-state index contributed by atoms with van der Waals surface area (Å²) in [6.07, 6.45) is 0. The van der Waals surface area contributed by atoms with E-state index < -0.39 is 5.60 Å². The van der Waals surface area contributed by atoms with Gasteiger partial charge in [0.15, 0.2) is 0 Å². The molecule has 19 heavy (non-hydrogen) atoms. The summed E-state index contributed by atoms with van der Waals surface area (Å²) in [5.74, 6) is -0.384. The number of benzene rings is 2. The topological polar surface area (TPSA) is 32.3 Å². The molecule has 2 aromatic carbocycles. The summed E-state index contributed by atoms with van der Waals surface area (Å²) in [6, 6.07) is 13.5. The summed E-state index contributed by atoms with van der Waals surface area (Å²) >= 11 is 5.92. The average molecular weight is 280 g/mol. The molecule has 0 radical (unpaired) electrons. The summed E-state index contributed by atoms with van der Waals surface area (Å²) in [4.78, 5) is 0. The molecule has 0 fully saturated rings. The number of hydrogen-bond donors (Lipinski definition) is 2. The SMILES string of the molecule is CC(O)(CNc1ccc(F)cc1Cl)c1ccccc1. The molecule has 2 aromatic rings. The summed E-state index contributed by atoms with van der Waals surface area (Å²) in [6.45, 7) is 2.00. The first kappa shape index (κ1) is 13.8. The summed E-state index contributed by atoms with van der Waals surface area (Å²) < 4.78 is 12.9. The summed E-state index contributed by atoms with van der Waals surface area (Å²) in [5, 5.41) is 13.7. The van der Waals surface area contributed by atoms with E-state index in [9.17, 15) is 9.50 Å². The number of hydrogen-bond acceptors (Lipinski definition) is 2. The molecule has 1 atom stereocenters. The second-order valence-electron chi connectivity index (χ2n) is 4.62. The van der Waals surface area contributed by atoms with Gasteiger partial charge in [-0.05, 0) is 30.7 Å². The van der Waals surface area contributed by atoms with Crippen molar-refractivity contribution in [3.8, 4) is 0 Å². The molecule has 0 saturated carbocycles. The third-order valence-corrected chi connectivity index (χ3v) is 3.26. The predicted octanol–water partition coefficient (Wildman–Crippen LogP) is 3.80. The monoisotopic (exact) mass is 279 g/mol. The van der Waals surface area contributed by atoms with Gasteiger partial charge in [-0.15, -0.1) is 0 Å². The smallest absolute Gasteiger partial charge is 0.124 e. The molecule has 0 saturated heterocycles. The Kier molecular flexibility index (Phi) is 4.08. The Morgan fingerprint density at radius 2 is 1.89 bits per heavy atom. The van der Waals surface area contributed by atoms with Gasteiger partial charge < -0.3 is 10.4 Å². The second-order valence-corrected chi connectivity index (χ2v) is 5.02. The minimum absolute atomic E-state index is 0.280. The summed E-state index contributed by atoms with van der Waals surface area (Å²) in [5.41, 5.74) is 0.374. The van der Waals surface area contributed by atoms with Crippen LogP contribution in [0, 0.1) is 5.82 Å². The molecular weight excluding hydrogens is 265 g/mol. The van der Waals surface area contributed by atoms with E-state index in [4.69, 9.17) is 11.6 Å². The molecule has 1 unspecified atom stereocenters. The molecular formula is C15H15ClFNO. The van der Waals surface area contributed by atoms with Crippen molar-refractivity contribution in [1.82, 2.24) is 0 Å². The number of aliphatic hydroxyl groups is 1. The van der Waals surface area contributed by atoms with E-state index in [2.05, 4.69) is 5.32 Å². The lowest BCUT2D eigenvalue weighted by Gasteiger charge is -2.25. The molecule has 0 aromatic heterocycles. The lowest BCUT2D eigenvalue weighted by Crippen LogP contribution is -2.30. The molecule has 2 rings (SSSR count). The maximum atomic E-state index is 12.9. The third-order valence-electron chi connectivity index (χ3n) is 2.95. The zero-order valence-electron chi connectivity index (χ0n) is 10.5. The predicted molar refractivity (Wildman–Crippen MR) is 75.9 cm³/mol. The van der Waals surface area contributed by atoms with Gasteiger partial charge in [0.1, 0.15) is 11.4 Å². The Balaban J connectivity index is 2.09. The fourth-order valence-corrected chi connectivity index (χ4v) is 2.03. The van der Waals surface area contributed by atoms with Crippen molar-refractivity contribution >= 4 is 17.3 Å². The van der Waals surface area contributed by atoms with E-state index in [1.54, 1.807) is 13.0 Å². The first-order valence-corrected chi connectivity index (χ1v) is 6.34. The van der Waals surface area contributed by atoms with Gasteiger partial charge in [0.05, 0.1) is 10.7 Å². The van der Waals surface area contributed by atoms with E-state index in [0.717, 1.165) is 5.56 Å². The van der Waals surface area contributed by atoms with Crippen LogP contribution in [0.4, 0.5) is 10.1 Å². The van der Waals surface area contributed by atoms with E-state index in [1.807, 2.05) is 30.3 Å². The molecule has 0 spiro atoms. The molecule has 2 N–H and O–H groups in total. The van der Waals surface area contributed by atoms with Gasteiger partial charge >= 0.3 is 0 Å². The molecule has 0 aliphatic rings. The van der Waals surface area contributed by atoms with Gasteiger partial charge in [-0.1, -0.05) is 41.9 Å². The van der Waals surface area contributed by atoms with Gasteiger partial charge in [0.25, 0.3) is 0 Å². The standard InChI is InChI=1S/C15H15ClFNO/c1-15(19,11-5-3-2-4-6-11)10-18-14-8-7-12(17)9-13(14)16/h2-9,18-19H,10H2,1H3. The van der Waals surface area contributed by atoms with Crippen LogP contribution >= 0.6 is 11.6 Å². The molecule has 2 nitrogen and oxygen atoms in total. The van der Waals surface area contributed by atoms with Gasteiger partial charge in [-0.2, -0.15) is 0 Å². The fourth-order valence-electron chi connectivity index (χ4n) is 1.80. The molecule has 0 amide bonds. The van der Waals surface area contributed by atoms with Crippen LogP contribution in [0.3, 0.4) is 0 Å². The minimum atomic E-state index is -1.03. The molecule has 0 aliphatic carbocycles. The van der Waals surface area contributed by atoms with Crippen molar-refractivity contribution < 1.29 is 9.50 Å². The van der Waals surface area contributed by atoms with Crippen LogP contribution in [0.15, 0.2) is 48.5 Å². The van der Waals surface area contributed by atoms with Crippen molar-refractivity contribution in [2.24, 2.45) is 0 Å². The van der Waals surface area contributed by atoms with Crippen LogP contribution < -0.4 is 5.32 Å². The van der Waals surface area contributed by atoms with Crippen molar-refractivity contribution in [3.05, 3.63) is 64.9 Å². The maximum Gasteiger partial charge on any atom is 0.124 e. The lowest BCUT2D eigenvalue weighted by molar-refractivity contribution is 0.0715. The first-order valence-electron chi connectivity index (χ1n) is 5.96. The van der Waals surface area contributed by atoms with Crippen molar-refractivity contribution in [2.75, 3.05) is 11.9 Å². The van der Waals surface area contributed by atoms with Crippen LogP contribution in [0.5, 0.6) is 0 Å². The van der Waals surface area contributed by atoms with E-state index >= 15 is 0 Å².